The average molecular weight is 442 g/mol. The lowest BCUT2D eigenvalue weighted by atomic mass is 10.1. The lowest BCUT2D eigenvalue weighted by molar-refractivity contribution is -0.384. The second-order valence-electron chi connectivity index (χ2n) is 7.58. The largest absolute Gasteiger partial charge is 0.369 e. The number of hydrogen-bond acceptors (Lipinski definition) is 6. The summed E-state index contributed by atoms with van der Waals surface area (Å²) in [5.74, 6) is 0. The monoisotopic (exact) mass is 441 g/mol. The number of H-pyrrole nitrogens is 1. The number of nitro benzene ring substituents is 1. The van der Waals surface area contributed by atoms with Crippen LogP contribution in [0, 0.1) is 24.0 Å². The smallest absolute Gasteiger partial charge is 0.269 e. The molecule has 1 fully saturated rings. The molecule has 2 heterocycles. The van der Waals surface area contributed by atoms with Crippen LogP contribution in [0.2, 0.25) is 0 Å². The van der Waals surface area contributed by atoms with Crippen molar-refractivity contribution in [2.45, 2.75) is 18.7 Å². The molecule has 3 aromatic rings. The molecule has 1 aliphatic heterocycles. The number of aromatic nitrogens is 2. The van der Waals surface area contributed by atoms with Gasteiger partial charge in [-0.1, -0.05) is 12.1 Å². The Morgan fingerprint density at radius 1 is 1.00 bits per heavy atom. The lowest BCUT2D eigenvalue weighted by Crippen LogP contribution is -2.48. The number of nitrogens with zero attached hydrogens (tertiary/aromatic N) is 4. The van der Waals surface area contributed by atoms with Crippen LogP contribution in [0.3, 0.4) is 0 Å². The number of anilines is 1. The van der Waals surface area contributed by atoms with E-state index in [1.165, 1.54) is 16.4 Å². The highest BCUT2D eigenvalue weighted by atomic mass is 32.2. The Morgan fingerprint density at radius 2 is 1.68 bits per heavy atom. The minimum absolute atomic E-state index is 0.0347. The fourth-order valence-electron chi connectivity index (χ4n) is 3.71. The van der Waals surface area contributed by atoms with Crippen LogP contribution in [0.15, 0.2) is 53.4 Å². The first-order valence-electron chi connectivity index (χ1n) is 9.88. The molecule has 162 valence electrons. The van der Waals surface area contributed by atoms with Crippen molar-refractivity contribution in [2.75, 3.05) is 31.1 Å². The third kappa shape index (κ3) is 4.17. The van der Waals surface area contributed by atoms with Crippen LogP contribution < -0.4 is 4.90 Å². The van der Waals surface area contributed by atoms with E-state index in [2.05, 4.69) is 10.2 Å². The minimum atomic E-state index is -3.66. The van der Waals surface area contributed by atoms with E-state index in [9.17, 15) is 18.5 Å². The van der Waals surface area contributed by atoms with Gasteiger partial charge in [-0.25, -0.2) is 8.42 Å². The summed E-state index contributed by atoms with van der Waals surface area (Å²) in [7, 11) is -3.66. The number of benzene rings is 2. The van der Waals surface area contributed by atoms with E-state index < -0.39 is 14.9 Å². The molecule has 4 rings (SSSR count). The Labute approximate surface area is 180 Å². The van der Waals surface area contributed by atoms with Gasteiger partial charge in [0.1, 0.15) is 0 Å². The molecule has 0 bridgehead atoms. The highest BCUT2D eigenvalue weighted by Gasteiger charge is 2.30. The maximum atomic E-state index is 13.4. The minimum Gasteiger partial charge on any atom is -0.369 e. The molecule has 2 aromatic carbocycles. The first-order valence-corrected chi connectivity index (χ1v) is 11.3. The number of nitrogens with one attached hydrogen (secondary N) is 1. The van der Waals surface area contributed by atoms with Crippen molar-refractivity contribution in [3.63, 3.8) is 0 Å². The molecule has 0 saturated carbocycles. The molecule has 1 saturated heterocycles. The molecule has 0 spiro atoms. The van der Waals surface area contributed by atoms with Crippen molar-refractivity contribution in [1.82, 2.24) is 14.5 Å². The molecule has 1 N–H and O–H groups in total. The standard InChI is InChI=1S/C21H23N5O4S/c1-15-3-4-17(20-13-16(2)22-23-20)14-21(15)31(29,30)25-11-9-24(10-12-25)18-5-7-19(8-6-18)26(27)28/h3-8,13-14H,9-12H2,1-2H3,(H,22,23). The summed E-state index contributed by atoms with van der Waals surface area (Å²) < 4.78 is 28.2. The molecule has 0 atom stereocenters. The van der Waals surface area contributed by atoms with E-state index in [1.807, 2.05) is 24.0 Å². The topological polar surface area (TPSA) is 112 Å². The first-order chi connectivity index (χ1) is 14.8. The van der Waals surface area contributed by atoms with Crippen molar-refractivity contribution in [1.29, 1.82) is 0 Å². The van der Waals surface area contributed by atoms with Crippen LogP contribution in [-0.4, -0.2) is 54.0 Å². The Hall–Kier alpha value is -3.24. The van der Waals surface area contributed by atoms with Crippen LogP contribution in [0.1, 0.15) is 11.3 Å². The van der Waals surface area contributed by atoms with E-state index in [0.717, 1.165) is 16.9 Å². The predicted octanol–water partition coefficient (Wildman–Crippen LogP) is 3.11. The third-order valence-electron chi connectivity index (χ3n) is 5.47. The molecule has 0 aliphatic carbocycles. The predicted molar refractivity (Wildman–Crippen MR) is 118 cm³/mol. The maximum absolute atomic E-state index is 13.4. The number of aromatic amines is 1. The summed E-state index contributed by atoms with van der Waals surface area (Å²) in [4.78, 5) is 12.7. The first kappa shape index (κ1) is 21.0. The van der Waals surface area contributed by atoms with E-state index in [-0.39, 0.29) is 10.6 Å². The van der Waals surface area contributed by atoms with Crippen LogP contribution >= 0.6 is 0 Å². The van der Waals surface area contributed by atoms with Crippen molar-refractivity contribution in [2.24, 2.45) is 0 Å². The number of sulfonamides is 1. The van der Waals surface area contributed by atoms with Crippen LogP contribution in [0.4, 0.5) is 11.4 Å². The van der Waals surface area contributed by atoms with Gasteiger partial charge in [-0.05, 0) is 43.7 Å². The lowest BCUT2D eigenvalue weighted by Gasteiger charge is -2.35. The fourth-order valence-corrected chi connectivity index (χ4v) is 5.39. The summed E-state index contributed by atoms with van der Waals surface area (Å²) in [5.41, 5.74) is 3.92. The molecule has 0 radical (unpaired) electrons. The summed E-state index contributed by atoms with van der Waals surface area (Å²) in [6, 6.07) is 13.6. The number of hydrogen-bond donors (Lipinski definition) is 1. The highest BCUT2D eigenvalue weighted by molar-refractivity contribution is 7.89. The average Bonchev–Trinajstić information content (AvgIpc) is 3.20. The second-order valence-corrected chi connectivity index (χ2v) is 9.49. The van der Waals surface area contributed by atoms with E-state index >= 15 is 0 Å². The van der Waals surface area contributed by atoms with Gasteiger partial charge in [-0.15, -0.1) is 0 Å². The molecule has 1 aliphatic rings. The van der Waals surface area contributed by atoms with Gasteiger partial charge in [0, 0.05) is 55.3 Å². The number of rotatable bonds is 5. The number of non-ortho nitro benzene ring substituents is 1. The molecule has 0 unspecified atom stereocenters. The Morgan fingerprint density at radius 3 is 2.26 bits per heavy atom. The van der Waals surface area contributed by atoms with Gasteiger partial charge in [0.05, 0.1) is 15.5 Å². The second kappa shape index (κ2) is 8.12. The van der Waals surface area contributed by atoms with E-state index in [0.29, 0.717) is 37.4 Å². The zero-order valence-corrected chi connectivity index (χ0v) is 18.1. The summed E-state index contributed by atoms with van der Waals surface area (Å²) in [5, 5.41) is 17.9. The Balaban J connectivity index is 1.52. The van der Waals surface area contributed by atoms with Crippen molar-refractivity contribution in [3.05, 3.63) is 69.9 Å². The van der Waals surface area contributed by atoms with Gasteiger partial charge < -0.3 is 4.90 Å². The van der Waals surface area contributed by atoms with Gasteiger partial charge in [0.25, 0.3) is 5.69 Å². The fraction of sp³-hybridized carbons (Fsp3) is 0.286. The van der Waals surface area contributed by atoms with Gasteiger partial charge >= 0.3 is 0 Å². The van der Waals surface area contributed by atoms with Gasteiger partial charge in [-0.2, -0.15) is 9.40 Å². The molecular weight excluding hydrogens is 418 g/mol. The summed E-state index contributed by atoms with van der Waals surface area (Å²) >= 11 is 0. The van der Waals surface area contributed by atoms with Gasteiger partial charge in [0.2, 0.25) is 10.0 Å². The van der Waals surface area contributed by atoms with Crippen molar-refractivity contribution in [3.8, 4) is 11.3 Å². The highest BCUT2D eigenvalue weighted by Crippen LogP contribution is 2.28. The molecule has 31 heavy (non-hydrogen) atoms. The third-order valence-corrected chi connectivity index (χ3v) is 7.51. The number of piperazine rings is 1. The van der Waals surface area contributed by atoms with E-state index in [1.54, 1.807) is 31.2 Å². The molecule has 0 amide bonds. The van der Waals surface area contributed by atoms with E-state index in [4.69, 9.17) is 0 Å². The summed E-state index contributed by atoms with van der Waals surface area (Å²) in [6.45, 7) is 5.38. The SMILES string of the molecule is Cc1cc(-c2ccc(C)c(S(=O)(=O)N3CCN(c4ccc([N+](=O)[O-])cc4)CC3)c2)n[nH]1. The normalized spacial score (nSPS) is 15.2. The zero-order valence-electron chi connectivity index (χ0n) is 17.3. The van der Waals surface area contributed by atoms with Crippen LogP contribution in [0.5, 0.6) is 0 Å². The molecule has 10 heteroatoms. The summed E-state index contributed by atoms with van der Waals surface area (Å²) in [6.07, 6.45) is 0. The van der Waals surface area contributed by atoms with Gasteiger partial charge in [0.15, 0.2) is 0 Å². The van der Waals surface area contributed by atoms with Crippen LogP contribution in [-0.2, 0) is 10.0 Å². The van der Waals surface area contributed by atoms with Gasteiger partial charge in [-0.3, -0.25) is 15.2 Å². The number of aryl methyl sites for hydroxylation is 2. The van der Waals surface area contributed by atoms with Crippen molar-refractivity contribution < 1.29 is 13.3 Å². The number of nitro groups is 1. The maximum Gasteiger partial charge on any atom is 0.269 e. The molecule has 9 nitrogen and oxygen atoms in total. The zero-order chi connectivity index (χ0) is 22.2. The Kier molecular flexibility index (Phi) is 5.50. The van der Waals surface area contributed by atoms with Crippen LogP contribution in [0.25, 0.3) is 11.3 Å². The van der Waals surface area contributed by atoms with Crippen molar-refractivity contribution >= 4 is 21.4 Å². The molecular formula is C21H23N5O4S. The Bertz CT molecular complexity index is 1210. The quantitative estimate of drug-likeness (QED) is 0.481. The molecule has 1 aromatic heterocycles.